The molecule has 0 saturated carbocycles. The van der Waals surface area contributed by atoms with Crippen LogP contribution in [0.5, 0.6) is 0 Å². The normalized spacial score (nSPS) is 10.8. The molecule has 2 aromatic rings. The van der Waals surface area contributed by atoms with Gasteiger partial charge in [-0.2, -0.15) is 0 Å². The van der Waals surface area contributed by atoms with E-state index in [9.17, 15) is 4.79 Å². The number of carbonyl (C=O) groups is 1. The van der Waals surface area contributed by atoms with Crippen molar-refractivity contribution in [2.45, 2.75) is 13.0 Å². The van der Waals surface area contributed by atoms with Crippen LogP contribution in [-0.2, 0) is 17.8 Å². The largest absolute Gasteiger partial charge is 0.337 e. The number of hydrogen-bond acceptors (Lipinski definition) is 2. The maximum atomic E-state index is 12.7. The Morgan fingerprint density at radius 1 is 0.913 bits per heavy atom. The van der Waals surface area contributed by atoms with Gasteiger partial charge in [-0.3, -0.25) is 4.79 Å². The van der Waals surface area contributed by atoms with E-state index in [1.54, 1.807) is 0 Å². The molecule has 0 aliphatic carbocycles. The third-order valence-electron chi connectivity index (χ3n) is 3.65. The van der Waals surface area contributed by atoms with Gasteiger partial charge in [-0.1, -0.05) is 58.4 Å². The molecule has 1 amide bonds. The SMILES string of the molecule is CN(C)CCN(Cc1ccccc1)C(=O)Cc1ccc(Br)cc1. The summed E-state index contributed by atoms with van der Waals surface area (Å²) >= 11 is 3.42. The smallest absolute Gasteiger partial charge is 0.227 e. The van der Waals surface area contributed by atoms with Crippen LogP contribution in [0.2, 0.25) is 0 Å². The van der Waals surface area contributed by atoms with Crippen LogP contribution in [0, 0.1) is 0 Å². The van der Waals surface area contributed by atoms with Crippen LogP contribution in [0.3, 0.4) is 0 Å². The molecule has 0 unspecified atom stereocenters. The molecule has 23 heavy (non-hydrogen) atoms. The molecule has 122 valence electrons. The molecule has 0 saturated heterocycles. The predicted molar refractivity (Wildman–Crippen MR) is 98.3 cm³/mol. The molecular formula is C19H23BrN2O. The zero-order valence-corrected chi connectivity index (χ0v) is 15.3. The number of benzene rings is 2. The monoisotopic (exact) mass is 374 g/mol. The van der Waals surface area contributed by atoms with E-state index in [0.717, 1.165) is 28.7 Å². The number of carbonyl (C=O) groups excluding carboxylic acids is 1. The van der Waals surface area contributed by atoms with Crippen molar-refractivity contribution in [3.63, 3.8) is 0 Å². The lowest BCUT2D eigenvalue weighted by molar-refractivity contribution is -0.131. The van der Waals surface area contributed by atoms with Crippen molar-refractivity contribution in [1.82, 2.24) is 9.80 Å². The van der Waals surface area contributed by atoms with Gasteiger partial charge < -0.3 is 9.80 Å². The van der Waals surface area contributed by atoms with E-state index in [0.29, 0.717) is 13.0 Å². The van der Waals surface area contributed by atoms with Crippen molar-refractivity contribution in [3.8, 4) is 0 Å². The van der Waals surface area contributed by atoms with Crippen LogP contribution in [0.1, 0.15) is 11.1 Å². The minimum atomic E-state index is 0.165. The molecule has 0 radical (unpaired) electrons. The van der Waals surface area contributed by atoms with E-state index < -0.39 is 0 Å². The van der Waals surface area contributed by atoms with Gasteiger partial charge in [0.2, 0.25) is 5.91 Å². The second-order valence-electron chi connectivity index (χ2n) is 5.91. The summed E-state index contributed by atoms with van der Waals surface area (Å²) in [5.41, 5.74) is 2.21. The first-order valence-corrected chi connectivity index (χ1v) is 8.55. The highest BCUT2D eigenvalue weighted by molar-refractivity contribution is 9.10. The predicted octanol–water partition coefficient (Wildman–Crippen LogP) is 3.58. The Kier molecular flexibility index (Phi) is 6.81. The molecule has 2 aromatic carbocycles. The molecule has 0 heterocycles. The maximum Gasteiger partial charge on any atom is 0.227 e. The van der Waals surface area contributed by atoms with E-state index in [1.807, 2.05) is 61.5 Å². The molecule has 0 aliphatic rings. The van der Waals surface area contributed by atoms with E-state index in [1.165, 1.54) is 0 Å². The van der Waals surface area contributed by atoms with E-state index in [2.05, 4.69) is 33.0 Å². The summed E-state index contributed by atoms with van der Waals surface area (Å²) < 4.78 is 1.03. The molecule has 4 heteroatoms. The van der Waals surface area contributed by atoms with Gasteiger partial charge in [-0.05, 0) is 37.4 Å². The fourth-order valence-electron chi connectivity index (χ4n) is 2.31. The van der Waals surface area contributed by atoms with E-state index in [4.69, 9.17) is 0 Å². The van der Waals surface area contributed by atoms with Crippen molar-refractivity contribution >= 4 is 21.8 Å². The summed E-state index contributed by atoms with van der Waals surface area (Å²) in [5, 5.41) is 0. The number of halogens is 1. The van der Waals surface area contributed by atoms with Crippen LogP contribution in [-0.4, -0.2) is 42.9 Å². The zero-order valence-electron chi connectivity index (χ0n) is 13.7. The van der Waals surface area contributed by atoms with Gasteiger partial charge in [-0.25, -0.2) is 0 Å². The highest BCUT2D eigenvalue weighted by Crippen LogP contribution is 2.13. The fourth-order valence-corrected chi connectivity index (χ4v) is 2.57. The van der Waals surface area contributed by atoms with Crippen LogP contribution in [0.15, 0.2) is 59.1 Å². The summed E-state index contributed by atoms with van der Waals surface area (Å²) in [6.07, 6.45) is 0.438. The van der Waals surface area contributed by atoms with Crippen LogP contribution >= 0.6 is 15.9 Å². The van der Waals surface area contributed by atoms with Crippen LogP contribution in [0.25, 0.3) is 0 Å². The molecular weight excluding hydrogens is 352 g/mol. The minimum Gasteiger partial charge on any atom is -0.337 e. The number of amides is 1. The molecule has 0 aliphatic heterocycles. The fraction of sp³-hybridized carbons (Fsp3) is 0.316. The second-order valence-corrected chi connectivity index (χ2v) is 6.82. The molecule has 0 fully saturated rings. The Morgan fingerprint density at radius 3 is 2.17 bits per heavy atom. The molecule has 2 rings (SSSR count). The van der Waals surface area contributed by atoms with Crippen LogP contribution < -0.4 is 0 Å². The Morgan fingerprint density at radius 2 is 1.57 bits per heavy atom. The average Bonchev–Trinajstić information content (AvgIpc) is 2.54. The van der Waals surface area contributed by atoms with Gasteiger partial charge in [0.1, 0.15) is 0 Å². The first-order valence-electron chi connectivity index (χ1n) is 7.75. The lowest BCUT2D eigenvalue weighted by Gasteiger charge is -2.25. The van der Waals surface area contributed by atoms with Gasteiger partial charge in [-0.15, -0.1) is 0 Å². The number of rotatable bonds is 7. The summed E-state index contributed by atoms with van der Waals surface area (Å²) in [5.74, 6) is 0.165. The van der Waals surface area contributed by atoms with Gasteiger partial charge in [0.05, 0.1) is 6.42 Å². The third-order valence-corrected chi connectivity index (χ3v) is 4.18. The van der Waals surface area contributed by atoms with E-state index in [-0.39, 0.29) is 5.91 Å². The highest BCUT2D eigenvalue weighted by Gasteiger charge is 2.14. The van der Waals surface area contributed by atoms with Crippen molar-refractivity contribution in [2.24, 2.45) is 0 Å². The molecule has 3 nitrogen and oxygen atoms in total. The topological polar surface area (TPSA) is 23.6 Å². The third kappa shape index (κ3) is 6.16. The van der Waals surface area contributed by atoms with Gasteiger partial charge in [0, 0.05) is 24.1 Å². The average molecular weight is 375 g/mol. The molecule has 0 bridgehead atoms. The lowest BCUT2D eigenvalue weighted by Crippen LogP contribution is -2.37. The van der Waals surface area contributed by atoms with Crippen molar-refractivity contribution in [2.75, 3.05) is 27.2 Å². The highest BCUT2D eigenvalue weighted by atomic mass is 79.9. The Bertz CT molecular complexity index is 611. The molecule has 0 aromatic heterocycles. The van der Waals surface area contributed by atoms with Crippen LogP contribution in [0.4, 0.5) is 0 Å². The van der Waals surface area contributed by atoms with Gasteiger partial charge in [0.15, 0.2) is 0 Å². The van der Waals surface area contributed by atoms with Crippen molar-refractivity contribution in [3.05, 3.63) is 70.2 Å². The Labute approximate surface area is 147 Å². The lowest BCUT2D eigenvalue weighted by atomic mass is 10.1. The number of likely N-dealkylation sites (N-methyl/N-ethyl adjacent to an activating group) is 1. The summed E-state index contributed by atoms with van der Waals surface area (Å²) in [6, 6.07) is 18.1. The van der Waals surface area contributed by atoms with Gasteiger partial charge in [0.25, 0.3) is 0 Å². The quantitative estimate of drug-likeness (QED) is 0.739. The molecule has 0 atom stereocenters. The summed E-state index contributed by atoms with van der Waals surface area (Å²) in [7, 11) is 4.06. The number of nitrogens with zero attached hydrogens (tertiary/aromatic N) is 2. The van der Waals surface area contributed by atoms with Crippen molar-refractivity contribution in [1.29, 1.82) is 0 Å². The summed E-state index contributed by atoms with van der Waals surface area (Å²) in [6.45, 7) is 2.25. The Hall–Kier alpha value is -1.65. The zero-order chi connectivity index (χ0) is 16.7. The first-order chi connectivity index (χ1) is 11.0. The van der Waals surface area contributed by atoms with Gasteiger partial charge >= 0.3 is 0 Å². The standard InChI is InChI=1S/C19H23BrN2O/c1-21(2)12-13-22(15-17-6-4-3-5-7-17)19(23)14-16-8-10-18(20)11-9-16/h3-11H,12-15H2,1-2H3. The summed E-state index contributed by atoms with van der Waals surface area (Å²) in [4.78, 5) is 16.8. The minimum absolute atomic E-state index is 0.165. The maximum absolute atomic E-state index is 12.7. The second kappa shape index (κ2) is 8.85. The van der Waals surface area contributed by atoms with E-state index >= 15 is 0 Å². The van der Waals surface area contributed by atoms with Crippen molar-refractivity contribution < 1.29 is 4.79 Å². The number of hydrogen-bond donors (Lipinski definition) is 0. The molecule has 0 N–H and O–H groups in total. The molecule has 0 spiro atoms. The Balaban J connectivity index is 2.05. The first kappa shape index (κ1) is 17.7.